The van der Waals surface area contributed by atoms with Crippen molar-refractivity contribution in [3.63, 3.8) is 0 Å². The van der Waals surface area contributed by atoms with Gasteiger partial charge in [-0.2, -0.15) is 14.5 Å². The molecule has 2 rings (SSSR count). The van der Waals surface area contributed by atoms with Crippen LogP contribution in [-0.2, 0) is 9.53 Å². The van der Waals surface area contributed by atoms with E-state index in [1.807, 2.05) is 26.0 Å². The summed E-state index contributed by atoms with van der Waals surface area (Å²) in [6.45, 7) is 8.51. The van der Waals surface area contributed by atoms with Crippen LogP contribution in [0, 0.1) is 0 Å². The third kappa shape index (κ3) is 4.89. The van der Waals surface area contributed by atoms with Crippen LogP contribution >= 0.6 is 0 Å². The Morgan fingerprint density at radius 3 is 3.04 bits per heavy atom. The second-order valence-corrected chi connectivity index (χ2v) is 5.49. The van der Waals surface area contributed by atoms with Crippen LogP contribution in [0.25, 0.3) is 0 Å². The van der Waals surface area contributed by atoms with E-state index in [0.717, 1.165) is 17.0 Å². The number of allylic oxidation sites excluding steroid dienone is 5. The molecule has 0 radical (unpaired) electrons. The number of carbonyl (C=O) groups is 1. The zero-order valence-corrected chi connectivity index (χ0v) is 14.6. The van der Waals surface area contributed by atoms with Crippen LogP contribution in [0.5, 0.6) is 0 Å². The van der Waals surface area contributed by atoms with Gasteiger partial charge in [-0.15, -0.1) is 0 Å². The molecule has 7 heteroatoms. The number of hydrogen-bond acceptors (Lipinski definition) is 5. The molecule has 1 N–H and O–H groups in total. The van der Waals surface area contributed by atoms with E-state index in [2.05, 4.69) is 22.0 Å². The Morgan fingerprint density at radius 1 is 1.52 bits per heavy atom. The van der Waals surface area contributed by atoms with Gasteiger partial charge < -0.3 is 10.1 Å². The number of hydrogen-bond donors (Lipinski definition) is 1. The van der Waals surface area contributed by atoms with Gasteiger partial charge in [-0.1, -0.05) is 25.7 Å². The molecule has 0 aromatic heterocycles. The smallest absolute Gasteiger partial charge is 0.310 e. The van der Waals surface area contributed by atoms with Gasteiger partial charge in [0.15, 0.2) is 0 Å². The van der Waals surface area contributed by atoms with Gasteiger partial charge in [0.1, 0.15) is 5.84 Å². The molecule has 0 unspecified atom stereocenters. The summed E-state index contributed by atoms with van der Waals surface area (Å²) < 4.78 is 19.9. The van der Waals surface area contributed by atoms with Crippen molar-refractivity contribution in [2.24, 2.45) is 10.1 Å². The molecule has 2 aliphatic rings. The SMILES string of the molecule is C=C/C(=C\C=C(/C)OCCC1=C(F)C(=O)N2N=CCN=C2CN1)CC. The van der Waals surface area contributed by atoms with Gasteiger partial charge in [0.2, 0.25) is 5.83 Å². The van der Waals surface area contributed by atoms with Gasteiger partial charge in [0.25, 0.3) is 0 Å². The summed E-state index contributed by atoms with van der Waals surface area (Å²) in [5.41, 5.74) is 1.31. The fraction of sp³-hybridized carbons (Fsp3) is 0.389. The van der Waals surface area contributed by atoms with Gasteiger partial charge in [0, 0.05) is 12.6 Å². The number of amides is 1. The molecule has 0 aromatic carbocycles. The number of rotatable bonds is 7. The Balaban J connectivity index is 1.96. The molecule has 134 valence electrons. The number of ether oxygens (including phenoxy) is 1. The Kier molecular flexibility index (Phi) is 6.68. The van der Waals surface area contributed by atoms with Crippen molar-refractivity contribution in [1.82, 2.24) is 10.3 Å². The van der Waals surface area contributed by atoms with Crippen LogP contribution in [0.4, 0.5) is 4.39 Å². The quantitative estimate of drug-likeness (QED) is 0.569. The second kappa shape index (κ2) is 8.96. The van der Waals surface area contributed by atoms with Crippen molar-refractivity contribution in [2.45, 2.75) is 26.7 Å². The first-order valence-electron chi connectivity index (χ1n) is 8.22. The summed E-state index contributed by atoms with van der Waals surface area (Å²) in [6.07, 6.45) is 8.19. The van der Waals surface area contributed by atoms with Crippen molar-refractivity contribution in [1.29, 1.82) is 0 Å². The number of halogens is 1. The molecule has 2 heterocycles. The van der Waals surface area contributed by atoms with E-state index in [4.69, 9.17) is 4.74 Å². The lowest BCUT2D eigenvalue weighted by atomic mass is 10.2. The highest BCUT2D eigenvalue weighted by Crippen LogP contribution is 2.17. The predicted octanol–water partition coefficient (Wildman–Crippen LogP) is 2.83. The largest absolute Gasteiger partial charge is 0.498 e. The fourth-order valence-corrected chi connectivity index (χ4v) is 2.30. The first-order valence-corrected chi connectivity index (χ1v) is 8.22. The number of carbonyl (C=O) groups excluding carboxylic acids is 1. The molecule has 0 atom stereocenters. The first-order chi connectivity index (χ1) is 12.1. The number of hydrazone groups is 1. The van der Waals surface area contributed by atoms with Gasteiger partial charge in [0.05, 0.1) is 31.2 Å². The number of nitrogens with one attached hydrogen (secondary N) is 1. The van der Waals surface area contributed by atoms with Gasteiger partial charge in [-0.3, -0.25) is 9.79 Å². The average Bonchev–Trinajstić information content (AvgIpc) is 2.75. The zero-order valence-electron chi connectivity index (χ0n) is 14.6. The zero-order chi connectivity index (χ0) is 18.2. The molecule has 0 bridgehead atoms. The number of amidine groups is 1. The predicted molar refractivity (Wildman–Crippen MR) is 96.7 cm³/mol. The van der Waals surface area contributed by atoms with Crippen LogP contribution < -0.4 is 5.32 Å². The molecule has 0 saturated heterocycles. The topological polar surface area (TPSA) is 66.3 Å². The minimum Gasteiger partial charge on any atom is -0.498 e. The van der Waals surface area contributed by atoms with E-state index in [0.29, 0.717) is 18.1 Å². The Bertz CT molecular complexity index is 689. The van der Waals surface area contributed by atoms with Crippen LogP contribution in [-0.4, -0.2) is 42.7 Å². The van der Waals surface area contributed by atoms with Crippen molar-refractivity contribution in [2.75, 3.05) is 19.7 Å². The molecule has 0 aliphatic carbocycles. The normalized spacial score (nSPS) is 18.4. The third-order valence-electron chi connectivity index (χ3n) is 3.79. The molecule has 1 amide bonds. The Labute approximate surface area is 147 Å². The van der Waals surface area contributed by atoms with Crippen molar-refractivity contribution in [3.8, 4) is 0 Å². The van der Waals surface area contributed by atoms with Crippen LogP contribution in [0.3, 0.4) is 0 Å². The Hall–Kier alpha value is -2.70. The summed E-state index contributed by atoms with van der Waals surface area (Å²) in [7, 11) is 0. The maximum atomic E-state index is 14.3. The number of nitrogens with zero attached hydrogens (tertiary/aromatic N) is 3. The second-order valence-electron chi connectivity index (χ2n) is 5.49. The van der Waals surface area contributed by atoms with E-state index in [9.17, 15) is 9.18 Å². The Morgan fingerprint density at radius 2 is 2.32 bits per heavy atom. The summed E-state index contributed by atoms with van der Waals surface area (Å²) in [6, 6.07) is 0. The van der Waals surface area contributed by atoms with Crippen LogP contribution in [0.2, 0.25) is 0 Å². The highest BCUT2D eigenvalue weighted by Gasteiger charge is 2.30. The monoisotopic (exact) mass is 346 g/mol. The van der Waals surface area contributed by atoms with E-state index in [1.54, 1.807) is 6.08 Å². The lowest BCUT2D eigenvalue weighted by molar-refractivity contribution is -0.125. The van der Waals surface area contributed by atoms with E-state index in [-0.39, 0.29) is 25.3 Å². The summed E-state index contributed by atoms with van der Waals surface area (Å²) in [5, 5.41) is 7.81. The van der Waals surface area contributed by atoms with Gasteiger partial charge in [-0.25, -0.2) is 0 Å². The molecular weight excluding hydrogens is 323 g/mol. The summed E-state index contributed by atoms with van der Waals surface area (Å²) in [5.74, 6) is -0.533. The molecule has 25 heavy (non-hydrogen) atoms. The molecule has 6 nitrogen and oxygen atoms in total. The molecule has 0 aromatic rings. The maximum Gasteiger partial charge on any atom is 0.310 e. The van der Waals surface area contributed by atoms with Crippen molar-refractivity contribution >= 4 is 18.0 Å². The van der Waals surface area contributed by atoms with E-state index >= 15 is 0 Å². The molecule has 0 saturated carbocycles. The molecular formula is C18H23FN4O2. The number of fused-ring (bicyclic) bond motifs is 1. The third-order valence-corrected chi connectivity index (χ3v) is 3.79. The first kappa shape index (κ1) is 18.6. The van der Waals surface area contributed by atoms with Crippen molar-refractivity contribution in [3.05, 3.63) is 47.7 Å². The standard InChI is InChI=1S/C18H23FN4O2/c1-4-14(5-2)7-6-13(3)25-11-8-15-17(19)18(24)23-16(12-21-15)20-9-10-22-23/h4,6-7,10,21H,1,5,8-9,11-12H2,2-3H3/b13-6+,14-7+. The van der Waals surface area contributed by atoms with Gasteiger partial charge in [-0.05, 0) is 25.0 Å². The lowest BCUT2D eigenvalue weighted by Crippen LogP contribution is -2.37. The number of aliphatic imine (C=N–C) groups is 1. The summed E-state index contributed by atoms with van der Waals surface area (Å²) >= 11 is 0. The average molecular weight is 346 g/mol. The minimum absolute atomic E-state index is 0.209. The van der Waals surface area contributed by atoms with Crippen molar-refractivity contribution < 1.29 is 13.9 Å². The van der Waals surface area contributed by atoms with Gasteiger partial charge >= 0.3 is 5.91 Å². The molecule has 0 fully saturated rings. The van der Waals surface area contributed by atoms with E-state index < -0.39 is 11.7 Å². The minimum atomic E-state index is -0.852. The summed E-state index contributed by atoms with van der Waals surface area (Å²) in [4.78, 5) is 16.3. The fourth-order valence-electron chi connectivity index (χ4n) is 2.30. The molecule has 2 aliphatic heterocycles. The lowest BCUT2D eigenvalue weighted by Gasteiger charge is -2.18. The van der Waals surface area contributed by atoms with Crippen LogP contribution in [0.1, 0.15) is 26.7 Å². The highest BCUT2D eigenvalue weighted by atomic mass is 19.1. The maximum absolute atomic E-state index is 14.3. The van der Waals surface area contributed by atoms with Crippen LogP contribution in [0.15, 0.2) is 57.8 Å². The molecule has 0 spiro atoms. The highest BCUT2D eigenvalue weighted by molar-refractivity contribution is 6.08. The van der Waals surface area contributed by atoms with E-state index in [1.165, 1.54) is 6.21 Å².